The first-order valence-electron chi connectivity index (χ1n) is 4.21. The molecule has 0 aromatic carbocycles. The monoisotopic (exact) mass is 155 g/mol. The van der Waals surface area contributed by atoms with E-state index in [2.05, 4.69) is 22.1 Å². The maximum atomic E-state index is 3.60. The van der Waals surface area contributed by atoms with Gasteiger partial charge in [-0.15, -0.1) is 0 Å². The van der Waals surface area contributed by atoms with Gasteiger partial charge in [-0.05, 0) is 6.20 Å². The van der Waals surface area contributed by atoms with Crippen LogP contribution in [0.2, 0.25) is 0 Å². The second-order valence-corrected chi connectivity index (χ2v) is 2.75. The minimum atomic E-state index is 1.02. The Bertz CT molecular complexity index is 108. The van der Waals surface area contributed by atoms with Crippen LogP contribution in [0.3, 0.4) is 0 Å². The SMILES string of the molecule is C=CNCCN1CCNCC1. The molecule has 0 spiro atoms. The van der Waals surface area contributed by atoms with Crippen LogP contribution in [-0.4, -0.2) is 44.2 Å². The van der Waals surface area contributed by atoms with Gasteiger partial charge in [0.1, 0.15) is 0 Å². The molecule has 1 saturated heterocycles. The van der Waals surface area contributed by atoms with Crippen LogP contribution in [0.5, 0.6) is 0 Å². The lowest BCUT2D eigenvalue weighted by atomic mass is 10.3. The number of nitrogens with one attached hydrogen (secondary N) is 2. The molecule has 1 aliphatic heterocycles. The van der Waals surface area contributed by atoms with E-state index in [1.54, 1.807) is 6.20 Å². The summed E-state index contributed by atoms with van der Waals surface area (Å²) >= 11 is 0. The van der Waals surface area contributed by atoms with Gasteiger partial charge >= 0.3 is 0 Å². The molecule has 0 aromatic rings. The van der Waals surface area contributed by atoms with Gasteiger partial charge in [0.25, 0.3) is 0 Å². The van der Waals surface area contributed by atoms with E-state index in [9.17, 15) is 0 Å². The largest absolute Gasteiger partial charge is 0.390 e. The van der Waals surface area contributed by atoms with Crippen LogP contribution in [0.4, 0.5) is 0 Å². The highest BCUT2D eigenvalue weighted by atomic mass is 15.2. The van der Waals surface area contributed by atoms with Crippen LogP contribution in [-0.2, 0) is 0 Å². The summed E-state index contributed by atoms with van der Waals surface area (Å²) < 4.78 is 0. The third kappa shape index (κ3) is 3.39. The standard InChI is InChI=1S/C8H17N3/c1-2-9-3-6-11-7-4-10-5-8-11/h2,9-10H,1,3-8H2. The fraction of sp³-hybridized carbons (Fsp3) is 0.750. The molecule has 1 aliphatic rings. The van der Waals surface area contributed by atoms with E-state index in [1.807, 2.05) is 0 Å². The Hall–Kier alpha value is -0.540. The van der Waals surface area contributed by atoms with Crippen molar-refractivity contribution in [3.05, 3.63) is 12.8 Å². The van der Waals surface area contributed by atoms with Gasteiger partial charge in [0.2, 0.25) is 0 Å². The zero-order chi connectivity index (χ0) is 7.94. The van der Waals surface area contributed by atoms with Gasteiger partial charge in [0.15, 0.2) is 0 Å². The molecule has 0 aliphatic carbocycles. The first kappa shape index (κ1) is 8.56. The Morgan fingerprint density at radius 3 is 2.82 bits per heavy atom. The molecule has 1 rings (SSSR count). The number of hydrogen-bond donors (Lipinski definition) is 2. The number of nitrogens with zero attached hydrogens (tertiary/aromatic N) is 1. The van der Waals surface area contributed by atoms with Crippen molar-refractivity contribution in [1.82, 2.24) is 15.5 Å². The fourth-order valence-corrected chi connectivity index (χ4v) is 1.26. The Kier molecular flexibility index (Phi) is 4.01. The van der Waals surface area contributed by atoms with Gasteiger partial charge in [-0.3, -0.25) is 4.90 Å². The summed E-state index contributed by atoms with van der Waals surface area (Å²) in [5.74, 6) is 0. The molecule has 0 aromatic heterocycles. The number of hydrogen-bond acceptors (Lipinski definition) is 3. The van der Waals surface area contributed by atoms with Crippen LogP contribution in [0.1, 0.15) is 0 Å². The van der Waals surface area contributed by atoms with Crippen molar-refractivity contribution >= 4 is 0 Å². The lowest BCUT2D eigenvalue weighted by Crippen LogP contribution is -2.45. The minimum absolute atomic E-state index is 1.02. The molecule has 0 amide bonds. The molecule has 0 unspecified atom stereocenters. The van der Waals surface area contributed by atoms with Crippen molar-refractivity contribution in [1.29, 1.82) is 0 Å². The van der Waals surface area contributed by atoms with Crippen molar-refractivity contribution in [2.45, 2.75) is 0 Å². The lowest BCUT2D eigenvalue weighted by Gasteiger charge is -2.26. The average Bonchev–Trinajstić information content (AvgIpc) is 2.07. The van der Waals surface area contributed by atoms with Crippen molar-refractivity contribution < 1.29 is 0 Å². The summed E-state index contributed by atoms with van der Waals surface area (Å²) in [5, 5.41) is 6.42. The van der Waals surface area contributed by atoms with Gasteiger partial charge in [-0.2, -0.15) is 0 Å². The van der Waals surface area contributed by atoms with Crippen LogP contribution in [0.15, 0.2) is 12.8 Å². The predicted molar refractivity (Wildman–Crippen MR) is 47.5 cm³/mol. The zero-order valence-electron chi connectivity index (χ0n) is 6.97. The van der Waals surface area contributed by atoms with E-state index >= 15 is 0 Å². The maximum absolute atomic E-state index is 3.60. The summed E-state index contributed by atoms with van der Waals surface area (Å²) in [4.78, 5) is 2.45. The van der Waals surface area contributed by atoms with Crippen LogP contribution >= 0.6 is 0 Å². The van der Waals surface area contributed by atoms with Crippen molar-refractivity contribution in [3.8, 4) is 0 Å². The Morgan fingerprint density at radius 2 is 2.18 bits per heavy atom. The van der Waals surface area contributed by atoms with Crippen LogP contribution in [0.25, 0.3) is 0 Å². The molecule has 0 atom stereocenters. The van der Waals surface area contributed by atoms with E-state index in [1.165, 1.54) is 13.1 Å². The molecule has 64 valence electrons. The molecule has 11 heavy (non-hydrogen) atoms. The third-order valence-electron chi connectivity index (χ3n) is 1.93. The molecule has 0 bridgehead atoms. The molecule has 2 N–H and O–H groups in total. The Labute approximate surface area is 68.5 Å². The van der Waals surface area contributed by atoms with Crippen molar-refractivity contribution in [3.63, 3.8) is 0 Å². The summed E-state index contributed by atoms with van der Waals surface area (Å²) in [6.07, 6.45) is 1.75. The van der Waals surface area contributed by atoms with E-state index in [0.29, 0.717) is 0 Å². The first-order chi connectivity index (χ1) is 5.43. The molecule has 1 heterocycles. The Morgan fingerprint density at radius 1 is 1.45 bits per heavy atom. The highest BCUT2D eigenvalue weighted by molar-refractivity contribution is 4.70. The molecular formula is C8H17N3. The predicted octanol–water partition coefficient (Wildman–Crippen LogP) is -0.375. The van der Waals surface area contributed by atoms with E-state index in [-0.39, 0.29) is 0 Å². The molecule has 3 heteroatoms. The minimum Gasteiger partial charge on any atom is -0.390 e. The highest BCUT2D eigenvalue weighted by Crippen LogP contribution is 1.89. The van der Waals surface area contributed by atoms with Gasteiger partial charge in [-0.1, -0.05) is 6.58 Å². The average molecular weight is 155 g/mol. The third-order valence-corrected chi connectivity index (χ3v) is 1.93. The molecule has 0 saturated carbocycles. The zero-order valence-corrected chi connectivity index (χ0v) is 6.97. The molecule has 0 radical (unpaired) electrons. The van der Waals surface area contributed by atoms with Gasteiger partial charge in [0.05, 0.1) is 0 Å². The smallest absolute Gasteiger partial charge is 0.0269 e. The fourth-order valence-electron chi connectivity index (χ4n) is 1.26. The summed E-state index contributed by atoms with van der Waals surface area (Å²) in [5.41, 5.74) is 0. The number of rotatable bonds is 4. The lowest BCUT2D eigenvalue weighted by molar-refractivity contribution is 0.244. The number of piperazine rings is 1. The van der Waals surface area contributed by atoms with Crippen LogP contribution < -0.4 is 10.6 Å². The molecular weight excluding hydrogens is 138 g/mol. The second kappa shape index (κ2) is 5.16. The quantitative estimate of drug-likeness (QED) is 0.542. The topological polar surface area (TPSA) is 27.3 Å². The normalized spacial score (nSPS) is 19.6. The molecule has 3 nitrogen and oxygen atoms in total. The van der Waals surface area contributed by atoms with Crippen molar-refractivity contribution in [2.24, 2.45) is 0 Å². The molecule has 1 fully saturated rings. The van der Waals surface area contributed by atoms with E-state index in [0.717, 1.165) is 26.2 Å². The summed E-state index contributed by atoms with van der Waals surface area (Å²) in [6.45, 7) is 10.4. The summed E-state index contributed by atoms with van der Waals surface area (Å²) in [6, 6.07) is 0. The summed E-state index contributed by atoms with van der Waals surface area (Å²) in [7, 11) is 0. The maximum Gasteiger partial charge on any atom is 0.0269 e. The highest BCUT2D eigenvalue weighted by Gasteiger charge is 2.07. The van der Waals surface area contributed by atoms with E-state index < -0.39 is 0 Å². The van der Waals surface area contributed by atoms with Crippen molar-refractivity contribution in [2.75, 3.05) is 39.3 Å². The first-order valence-corrected chi connectivity index (χ1v) is 4.21. The Balaban J connectivity index is 2.00. The second-order valence-electron chi connectivity index (χ2n) is 2.75. The van der Waals surface area contributed by atoms with E-state index in [4.69, 9.17) is 0 Å². The van der Waals surface area contributed by atoms with Gasteiger partial charge in [0, 0.05) is 39.3 Å². The van der Waals surface area contributed by atoms with Gasteiger partial charge < -0.3 is 10.6 Å². The van der Waals surface area contributed by atoms with Crippen LogP contribution in [0, 0.1) is 0 Å². The van der Waals surface area contributed by atoms with Gasteiger partial charge in [-0.25, -0.2) is 0 Å².